The zero-order chi connectivity index (χ0) is 28.3. The fourth-order valence-electron chi connectivity index (χ4n) is 4.35. The molecule has 1 aromatic heterocycles. The molecule has 164 valence electrons. The van der Waals surface area contributed by atoms with Gasteiger partial charge in [0.25, 0.3) is 11.8 Å². The van der Waals surface area contributed by atoms with Crippen molar-refractivity contribution < 1.29 is 30.8 Å². The van der Waals surface area contributed by atoms with Gasteiger partial charge in [-0.3, -0.25) is 19.4 Å². The number of anilines is 1. The van der Waals surface area contributed by atoms with Crippen LogP contribution in [0.3, 0.4) is 0 Å². The van der Waals surface area contributed by atoms with E-state index in [0.717, 1.165) is 4.90 Å². The molecule has 2 atom stereocenters. The van der Waals surface area contributed by atoms with E-state index >= 15 is 0 Å². The van der Waals surface area contributed by atoms with Crippen LogP contribution in [0.5, 0.6) is 0 Å². The van der Waals surface area contributed by atoms with E-state index < -0.39 is 55.2 Å². The summed E-state index contributed by atoms with van der Waals surface area (Å²) < 4.78 is 67.7. The van der Waals surface area contributed by atoms with Crippen molar-refractivity contribution in [2.45, 2.75) is 50.6 Å². The number of aliphatic hydroxyl groups is 2. The van der Waals surface area contributed by atoms with Crippen LogP contribution in [0.4, 0.5) is 5.95 Å². The maximum absolute atomic E-state index is 13.1. The third-order valence-corrected chi connectivity index (χ3v) is 6.09. The summed E-state index contributed by atoms with van der Waals surface area (Å²) in [5.41, 5.74) is -1.51. The molecule has 0 aromatic carbocycles. The van der Waals surface area contributed by atoms with Crippen LogP contribution in [-0.4, -0.2) is 93.2 Å². The van der Waals surface area contributed by atoms with Gasteiger partial charge >= 0.3 is 0 Å². The smallest absolute Gasteiger partial charge is 0.258 e. The van der Waals surface area contributed by atoms with Gasteiger partial charge in [-0.15, -0.1) is 0 Å². The molecule has 0 radical (unpaired) electrons. The van der Waals surface area contributed by atoms with Crippen LogP contribution in [0.15, 0.2) is 18.5 Å². The Morgan fingerprint density at radius 3 is 2.13 bits per heavy atom. The van der Waals surface area contributed by atoms with Crippen LogP contribution in [0, 0.1) is 5.41 Å². The average molecular weight is 426 g/mol. The topological polar surface area (TPSA) is 110 Å². The van der Waals surface area contributed by atoms with E-state index in [1.165, 1.54) is 12.4 Å². The molecule has 1 aromatic rings. The molecule has 9 nitrogen and oxygen atoms in total. The summed E-state index contributed by atoms with van der Waals surface area (Å²) in [6, 6.07) is 1.63. The second kappa shape index (κ2) is 8.95. The Kier molecular flexibility index (Phi) is 3.98. The molecular formula is C21H31N5O4. The molecule has 1 saturated carbocycles. The molecule has 2 N–H and O–H groups in total. The Balaban J connectivity index is 1.59. The van der Waals surface area contributed by atoms with Gasteiger partial charge in [0.2, 0.25) is 5.95 Å². The van der Waals surface area contributed by atoms with Gasteiger partial charge in [-0.25, -0.2) is 9.97 Å². The predicted molar refractivity (Wildman–Crippen MR) is 110 cm³/mol. The summed E-state index contributed by atoms with van der Waals surface area (Å²) in [6.45, 7) is -6.66. The molecule has 2 unspecified atom stereocenters. The second-order valence-corrected chi connectivity index (χ2v) is 7.75. The lowest BCUT2D eigenvalue weighted by Gasteiger charge is -2.44. The Morgan fingerprint density at radius 1 is 0.967 bits per heavy atom. The molecule has 2 amide bonds. The van der Waals surface area contributed by atoms with Crippen LogP contribution in [-0.2, 0) is 9.59 Å². The first-order valence-corrected chi connectivity index (χ1v) is 10.0. The van der Waals surface area contributed by atoms with E-state index in [1.54, 1.807) is 11.0 Å². The highest BCUT2D eigenvalue weighted by Gasteiger charge is 2.58. The number of hydrogen-bond donors (Lipinski definition) is 2. The third kappa shape index (κ3) is 3.93. The number of likely N-dealkylation sites (tertiary alicyclic amines) is 1. The number of carbonyl (C=O) groups is 2. The molecular weight excluding hydrogens is 386 g/mol. The van der Waals surface area contributed by atoms with Crippen LogP contribution in [0.1, 0.15) is 49.4 Å². The summed E-state index contributed by atoms with van der Waals surface area (Å²) in [4.78, 5) is 36.9. The number of imide groups is 1. The summed E-state index contributed by atoms with van der Waals surface area (Å²) >= 11 is 0. The Labute approximate surface area is 187 Å². The quantitative estimate of drug-likeness (QED) is 0.615. The normalized spacial score (nSPS) is 33.1. The summed E-state index contributed by atoms with van der Waals surface area (Å²) in [7, 11) is 0. The van der Waals surface area contributed by atoms with Crippen molar-refractivity contribution in [2.24, 2.45) is 5.41 Å². The van der Waals surface area contributed by atoms with Gasteiger partial charge < -0.3 is 15.1 Å². The predicted octanol–water partition coefficient (Wildman–Crippen LogP) is 0.0298. The number of aliphatic hydroxyl groups excluding tert-OH is 2. The van der Waals surface area contributed by atoms with E-state index in [0.29, 0.717) is 18.8 Å². The molecule has 2 saturated heterocycles. The van der Waals surface area contributed by atoms with Crippen LogP contribution in [0.25, 0.3) is 0 Å². The number of carbonyl (C=O) groups excluding carboxylic acids is 2. The van der Waals surface area contributed by atoms with Crippen molar-refractivity contribution >= 4 is 17.8 Å². The van der Waals surface area contributed by atoms with E-state index in [-0.39, 0.29) is 43.9 Å². The van der Waals surface area contributed by atoms with Gasteiger partial charge in [-0.2, -0.15) is 0 Å². The summed E-state index contributed by atoms with van der Waals surface area (Å²) in [5.74, 6) is -2.57. The monoisotopic (exact) mass is 425 g/mol. The number of aromatic nitrogens is 2. The van der Waals surface area contributed by atoms with Crippen molar-refractivity contribution in [2.75, 3.05) is 44.1 Å². The van der Waals surface area contributed by atoms with Gasteiger partial charge in [0.15, 0.2) is 0 Å². The number of amides is 2. The molecule has 3 aliphatic rings. The maximum Gasteiger partial charge on any atom is 0.258 e. The lowest BCUT2D eigenvalue weighted by atomic mass is 9.71. The highest BCUT2D eigenvalue weighted by atomic mass is 16.3. The average Bonchev–Trinajstić information content (AvgIpc) is 3.38. The molecule has 0 bridgehead atoms. The number of piperazine rings is 1. The SMILES string of the molecule is [2H]C([2H])(N1CCN(c2ncccn2)CC1)C([2H])([2H])C([2H])([2H])C([2H])([2H])N1C(=O)C(O)C2(CCCC2)C(O)C1=O. The molecule has 2 aliphatic heterocycles. The first-order valence-electron chi connectivity index (χ1n) is 14.0. The van der Waals surface area contributed by atoms with E-state index in [4.69, 9.17) is 11.0 Å². The molecule has 9 heteroatoms. The van der Waals surface area contributed by atoms with Crippen LogP contribution >= 0.6 is 0 Å². The highest BCUT2D eigenvalue weighted by Crippen LogP contribution is 2.47. The van der Waals surface area contributed by atoms with Crippen molar-refractivity contribution in [3.8, 4) is 0 Å². The fourth-order valence-corrected chi connectivity index (χ4v) is 4.35. The minimum Gasteiger partial charge on any atom is -0.383 e. The van der Waals surface area contributed by atoms with Gasteiger partial charge in [-0.1, -0.05) is 12.8 Å². The number of piperidine rings is 1. The van der Waals surface area contributed by atoms with E-state index in [9.17, 15) is 19.8 Å². The molecule has 30 heavy (non-hydrogen) atoms. The second-order valence-electron chi connectivity index (χ2n) is 7.75. The van der Waals surface area contributed by atoms with Crippen molar-refractivity contribution in [1.29, 1.82) is 0 Å². The molecule has 1 spiro atoms. The van der Waals surface area contributed by atoms with Crippen LogP contribution in [0.2, 0.25) is 0 Å². The fraction of sp³-hybridized carbons (Fsp3) is 0.714. The zero-order valence-corrected chi connectivity index (χ0v) is 16.5. The minimum absolute atomic E-state index is 0.0780. The van der Waals surface area contributed by atoms with Crippen molar-refractivity contribution in [1.82, 2.24) is 19.8 Å². The van der Waals surface area contributed by atoms with E-state index in [1.807, 2.05) is 0 Å². The molecule has 3 fully saturated rings. The Morgan fingerprint density at radius 2 is 1.53 bits per heavy atom. The van der Waals surface area contributed by atoms with Gasteiger partial charge in [0, 0.05) is 61.5 Å². The highest BCUT2D eigenvalue weighted by molar-refractivity contribution is 6.03. The van der Waals surface area contributed by atoms with Crippen molar-refractivity contribution in [3.63, 3.8) is 0 Å². The number of rotatable bonds is 6. The molecule has 1 aliphatic carbocycles. The van der Waals surface area contributed by atoms with E-state index in [2.05, 4.69) is 9.97 Å². The molecule has 3 heterocycles. The largest absolute Gasteiger partial charge is 0.383 e. The number of nitrogens with zero attached hydrogens (tertiary/aromatic N) is 5. The Bertz CT molecular complexity index is 1040. The minimum atomic E-state index is -3.81. The van der Waals surface area contributed by atoms with Gasteiger partial charge in [0.1, 0.15) is 12.2 Å². The number of hydrogen-bond acceptors (Lipinski definition) is 8. The third-order valence-electron chi connectivity index (χ3n) is 6.09. The van der Waals surface area contributed by atoms with Gasteiger partial charge in [0.05, 0.1) is 0 Å². The van der Waals surface area contributed by atoms with Gasteiger partial charge in [-0.05, 0) is 38.2 Å². The van der Waals surface area contributed by atoms with Crippen LogP contribution < -0.4 is 4.90 Å². The Hall–Kier alpha value is -2.10. The standard InChI is InChI=1S/C21H31N5O4/c27-16-18(29)26(19(30)17(28)21(16)6-1-2-7-21)11-4-3-10-24-12-14-25(15-13-24)20-22-8-5-9-23-20/h5,8-9,16-17,27-28H,1-4,6-7,10-15H2/i3D2,4D2,10D2,11D2. The maximum atomic E-state index is 13.1. The summed E-state index contributed by atoms with van der Waals surface area (Å²) in [6.07, 6.45) is -7.03. The summed E-state index contributed by atoms with van der Waals surface area (Å²) in [5, 5.41) is 21.4. The first kappa shape index (κ1) is 13.3. The first-order chi connectivity index (χ1) is 17.5. The molecule has 4 rings (SSSR count). The van der Waals surface area contributed by atoms with Crippen molar-refractivity contribution in [3.05, 3.63) is 18.5 Å². The lowest BCUT2D eigenvalue weighted by molar-refractivity contribution is -0.183. The zero-order valence-electron chi connectivity index (χ0n) is 24.5. The lowest BCUT2D eigenvalue weighted by Crippen LogP contribution is -2.64.